The van der Waals surface area contributed by atoms with Crippen molar-refractivity contribution < 1.29 is 14.8 Å². The maximum Gasteiger partial charge on any atom is 0.288 e. The van der Waals surface area contributed by atoms with E-state index in [2.05, 4.69) is 5.32 Å². The molecule has 104 valence electrons. The molecule has 1 aromatic rings. The number of hydrogen-bond acceptors (Lipinski definition) is 5. The Morgan fingerprint density at radius 2 is 2.37 bits per heavy atom. The van der Waals surface area contributed by atoms with Crippen LogP contribution in [0.1, 0.15) is 12.0 Å². The van der Waals surface area contributed by atoms with Gasteiger partial charge in [0.05, 0.1) is 11.5 Å². The normalized spacial score (nSPS) is 22.5. The summed E-state index contributed by atoms with van der Waals surface area (Å²) in [4.78, 5) is 10.2. The van der Waals surface area contributed by atoms with Crippen LogP contribution < -0.4 is 5.32 Å². The summed E-state index contributed by atoms with van der Waals surface area (Å²) in [6, 6.07) is 2.92. The van der Waals surface area contributed by atoms with E-state index in [0.717, 1.165) is 0 Å². The lowest BCUT2D eigenvalue weighted by Gasteiger charge is -2.22. The minimum Gasteiger partial charge on any atom is -0.386 e. The van der Waals surface area contributed by atoms with Gasteiger partial charge in [0.2, 0.25) is 0 Å². The highest BCUT2D eigenvalue weighted by Gasteiger charge is 2.32. The van der Waals surface area contributed by atoms with Gasteiger partial charge in [0.15, 0.2) is 0 Å². The van der Waals surface area contributed by atoms with Crippen LogP contribution in [0.2, 0.25) is 5.02 Å². The number of hydrogen-bond donors (Lipinski definition) is 2. The second-order valence-electron chi connectivity index (χ2n) is 4.76. The number of halogens is 1. The van der Waals surface area contributed by atoms with Crippen LogP contribution >= 0.6 is 11.6 Å². The number of nitrogens with one attached hydrogen (secondary N) is 1. The number of aliphatic hydroxyl groups is 1. The van der Waals surface area contributed by atoms with Gasteiger partial charge in [-0.25, -0.2) is 0 Å². The SMILES string of the molecule is Cc1cc([N+](=O)[O-])c(Cl)cc1NCC1(O)CCOC1. The van der Waals surface area contributed by atoms with Gasteiger partial charge in [0, 0.05) is 31.3 Å². The lowest BCUT2D eigenvalue weighted by Crippen LogP contribution is -2.37. The minimum atomic E-state index is -0.888. The Morgan fingerprint density at radius 3 is 2.95 bits per heavy atom. The lowest BCUT2D eigenvalue weighted by atomic mass is 10.0. The van der Waals surface area contributed by atoms with Gasteiger partial charge >= 0.3 is 0 Å². The van der Waals surface area contributed by atoms with Crippen LogP contribution in [0, 0.1) is 17.0 Å². The molecule has 0 aliphatic carbocycles. The molecule has 0 radical (unpaired) electrons. The van der Waals surface area contributed by atoms with Gasteiger partial charge in [-0.2, -0.15) is 0 Å². The molecule has 0 spiro atoms. The molecule has 0 aromatic heterocycles. The molecule has 0 amide bonds. The minimum absolute atomic E-state index is 0.0766. The summed E-state index contributed by atoms with van der Waals surface area (Å²) in [6.45, 7) is 2.90. The van der Waals surface area contributed by atoms with E-state index >= 15 is 0 Å². The number of anilines is 1. The van der Waals surface area contributed by atoms with E-state index in [1.54, 1.807) is 6.92 Å². The van der Waals surface area contributed by atoms with E-state index in [1.165, 1.54) is 12.1 Å². The zero-order chi connectivity index (χ0) is 14.0. The fraction of sp³-hybridized carbons (Fsp3) is 0.500. The van der Waals surface area contributed by atoms with Crippen molar-refractivity contribution in [3.05, 3.63) is 32.8 Å². The molecule has 2 rings (SSSR count). The summed E-state index contributed by atoms with van der Waals surface area (Å²) in [6.07, 6.45) is 0.569. The van der Waals surface area contributed by atoms with Crippen molar-refractivity contribution in [3.63, 3.8) is 0 Å². The summed E-state index contributed by atoms with van der Waals surface area (Å²) < 4.78 is 5.15. The number of nitro benzene ring substituents is 1. The molecule has 6 nitrogen and oxygen atoms in total. The van der Waals surface area contributed by atoms with Gasteiger partial charge in [0.25, 0.3) is 5.69 Å². The Kier molecular flexibility index (Phi) is 3.93. The van der Waals surface area contributed by atoms with Crippen molar-refractivity contribution >= 4 is 23.0 Å². The highest BCUT2D eigenvalue weighted by Crippen LogP contribution is 2.31. The Balaban J connectivity index is 2.13. The largest absolute Gasteiger partial charge is 0.386 e. The Morgan fingerprint density at radius 1 is 1.63 bits per heavy atom. The molecule has 1 saturated heterocycles. The molecule has 19 heavy (non-hydrogen) atoms. The summed E-state index contributed by atoms with van der Waals surface area (Å²) in [7, 11) is 0. The highest BCUT2D eigenvalue weighted by atomic mass is 35.5. The first-order valence-corrected chi connectivity index (χ1v) is 6.28. The number of rotatable bonds is 4. The Hall–Kier alpha value is -1.37. The molecule has 1 fully saturated rings. The quantitative estimate of drug-likeness (QED) is 0.654. The van der Waals surface area contributed by atoms with Crippen LogP contribution in [0.4, 0.5) is 11.4 Å². The predicted octanol–water partition coefficient (Wildman–Crippen LogP) is 2.12. The summed E-state index contributed by atoms with van der Waals surface area (Å²) in [5.74, 6) is 0. The maximum absolute atomic E-state index is 10.7. The number of aryl methyl sites for hydroxylation is 1. The third kappa shape index (κ3) is 3.15. The van der Waals surface area contributed by atoms with E-state index in [-0.39, 0.29) is 10.7 Å². The Bertz CT molecular complexity index is 501. The molecule has 1 atom stereocenters. The van der Waals surface area contributed by atoms with E-state index in [9.17, 15) is 15.2 Å². The molecule has 1 unspecified atom stereocenters. The summed E-state index contributed by atoms with van der Waals surface area (Å²) in [5.41, 5.74) is 0.378. The first-order chi connectivity index (χ1) is 8.91. The molecular weight excluding hydrogens is 272 g/mol. The van der Waals surface area contributed by atoms with Crippen LogP contribution in [0.15, 0.2) is 12.1 Å². The first-order valence-electron chi connectivity index (χ1n) is 5.90. The number of nitrogens with zero attached hydrogens (tertiary/aromatic N) is 1. The second kappa shape index (κ2) is 5.32. The fourth-order valence-electron chi connectivity index (χ4n) is 1.99. The number of ether oxygens (including phenoxy) is 1. The average molecular weight is 287 g/mol. The fourth-order valence-corrected chi connectivity index (χ4v) is 2.22. The number of benzene rings is 1. The summed E-state index contributed by atoms with van der Waals surface area (Å²) >= 11 is 5.86. The van der Waals surface area contributed by atoms with Crippen molar-refractivity contribution in [1.82, 2.24) is 0 Å². The standard InChI is InChI=1S/C12H15ClN2O4/c1-8-4-11(15(17)18)9(13)5-10(8)14-6-12(16)2-3-19-7-12/h4-5,14,16H,2-3,6-7H2,1H3. The van der Waals surface area contributed by atoms with E-state index in [1.807, 2.05) is 0 Å². The van der Waals surface area contributed by atoms with Gasteiger partial charge in [-0.1, -0.05) is 11.6 Å². The number of nitro groups is 1. The van der Waals surface area contributed by atoms with Crippen molar-refractivity contribution in [2.45, 2.75) is 18.9 Å². The molecular formula is C12H15ClN2O4. The van der Waals surface area contributed by atoms with Gasteiger partial charge < -0.3 is 15.2 Å². The van der Waals surface area contributed by atoms with Crippen LogP contribution in [0.3, 0.4) is 0 Å². The van der Waals surface area contributed by atoms with Crippen LogP contribution in [-0.2, 0) is 4.74 Å². The zero-order valence-electron chi connectivity index (χ0n) is 10.5. The molecule has 7 heteroatoms. The molecule has 2 N–H and O–H groups in total. The van der Waals surface area contributed by atoms with Gasteiger partial charge in [-0.05, 0) is 18.6 Å². The smallest absolute Gasteiger partial charge is 0.288 e. The Labute approximate surface area is 115 Å². The maximum atomic E-state index is 10.7. The topological polar surface area (TPSA) is 84.6 Å². The van der Waals surface area contributed by atoms with E-state index in [0.29, 0.717) is 37.4 Å². The summed E-state index contributed by atoms with van der Waals surface area (Å²) in [5, 5.41) is 24.0. The van der Waals surface area contributed by atoms with Gasteiger partial charge in [-0.3, -0.25) is 10.1 Å². The van der Waals surface area contributed by atoms with Crippen molar-refractivity contribution in [2.75, 3.05) is 25.1 Å². The van der Waals surface area contributed by atoms with Crippen LogP contribution in [0.25, 0.3) is 0 Å². The third-order valence-electron chi connectivity index (χ3n) is 3.18. The van der Waals surface area contributed by atoms with Crippen molar-refractivity contribution in [1.29, 1.82) is 0 Å². The molecule has 1 heterocycles. The van der Waals surface area contributed by atoms with Crippen molar-refractivity contribution in [2.24, 2.45) is 0 Å². The van der Waals surface area contributed by atoms with Gasteiger partial charge in [0.1, 0.15) is 10.6 Å². The first kappa shape index (κ1) is 14.0. The monoisotopic (exact) mass is 286 g/mol. The van der Waals surface area contributed by atoms with E-state index in [4.69, 9.17) is 16.3 Å². The third-order valence-corrected chi connectivity index (χ3v) is 3.48. The zero-order valence-corrected chi connectivity index (χ0v) is 11.2. The van der Waals surface area contributed by atoms with Crippen LogP contribution in [0.5, 0.6) is 0 Å². The molecule has 1 aromatic carbocycles. The highest BCUT2D eigenvalue weighted by molar-refractivity contribution is 6.33. The molecule has 1 aliphatic rings. The van der Waals surface area contributed by atoms with Crippen molar-refractivity contribution in [3.8, 4) is 0 Å². The second-order valence-corrected chi connectivity index (χ2v) is 5.16. The van der Waals surface area contributed by atoms with E-state index < -0.39 is 10.5 Å². The lowest BCUT2D eigenvalue weighted by molar-refractivity contribution is -0.384. The van der Waals surface area contributed by atoms with Crippen LogP contribution in [-0.4, -0.2) is 35.4 Å². The predicted molar refractivity (Wildman–Crippen MR) is 71.7 cm³/mol. The molecule has 0 bridgehead atoms. The average Bonchev–Trinajstić information content (AvgIpc) is 2.77. The molecule has 0 saturated carbocycles. The van der Waals surface area contributed by atoms with Gasteiger partial charge in [-0.15, -0.1) is 0 Å². The molecule has 1 aliphatic heterocycles.